The Bertz CT molecular complexity index is 1420. The molecule has 1 fully saturated rings. The minimum atomic E-state index is -0.267. The van der Waals surface area contributed by atoms with E-state index in [4.69, 9.17) is 0 Å². The Morgan fingerprint density at radius 1 is 1.03 bits per heavy atom. The van der Waals surface area contributed by atoms with Crippen LogP contribution in [0.4, 0.5) is 11.5 Å². The van der Waals surface area contributed by atoms with Crippen molar-refractivity contribution in [2.45, 2.75) is 38.6 Å². The highest BCUT2D eigenvalue weighted by Crippen LogP contribution is 2.38. The van der Waals surface area contributed by atoms with Gasteiger partial charge in [0.1, 0.15) is 5.70 Å². The van der Waals surface area contributed by atoms with Crippen LogP contribution in [-0.2, 0) is 14.4 Å². The number of pyridine rings is 1. The van der Waals surface area contributed by atoms with Gasteiger partial charge < -0.3 is 4.90 Å². The number of carbonyl (C=O) groups excluding carboxylic acids is 3. The lowest BCUT2D eigenvalue weighted by atomic mass is 10.0. The number of nitrogens with zero attached hydrogens (tertiary/aromatic N) is 6. The molecule has 3 aliphatic rings. The summed E-state index contributed by atoms with van der Waals surface area (Å²) >= 11 is 0. The number of imide groups is 1. The third kappa shape index (κ3) is 4.26. The van der Waals surface area contributed by atoms with Gasteiger partial charge in [0.15, 0.2) is 5.82 Å². The summed E-state index contributed by atoms with van der Waals surface area (Å²) in [6, 6.07) is 14.8. The van der Waals surface area contributed by atoms with Crippen molar-refractivity contribution in [2.24, 2.45) is 0 Å². The Balaban J connectivity index is 1.29. The number of para-hydroxylation sites is 1. The first kappa shape index (κ1) is 23.0. The molecule has 0 bridgehead atoms. The van der Waals surface area contributed by atoms with E-state index in [1.54, 1.807) is 23.4 Å². The van der Waals surface area contributed by atoms with Gasteiger partial charge >= 0.3 is 0 Å². The molecule has 1 aliphatic carbocycles. The summed E-state index contributed by atoms with van der Waals surface area (Å²) in [4.78, 5) is 48.8. The number of aryl methyl sites for hydroxylation is 1. The van der Waals surface area contributed by atoms with Gasteiger partial charge in [-0.25, -0.2) is 0 Å². The largest absolute Gasteiger partial charge is 0.357 e. The average Bonchev–Trinajstić information content (AvgIpc) is 3.71. The van der Waals surface area contributed by atoms with Crippen LogP contribution >= 0.6 is 0 Å². The Morgan fingerprint density at radius 2 is 1.84 bits per heavy atom. The van der Waals surface area contributed by atoms with Crippen LogP contribution in [0.15, 0.2) is 72.2 Å². The van der Waals surface area contributed by atoms with Gasteiger partial charge in [-0.3, -0.25) is 29.2 Å². The third-order valence-corrected chi connectivity index (χ3v) is 6.91. The summed E-state index contributed by atoms with van der Waals surface area (Å²) in [5, 5.41) is 8.74. The molecule has 0 N–H and O–H groups in total. The number of carbonyl (C=O) groups is 3. The fraction of sp³-hybridized carbons (Fsp3) is 0.286. The van der Waals surface area contributed by atoms with Gasteiger partial charge in [0.05, 0.1) is 17.9 Å². The van der Waals surface area contributed by atoms with Crippen molar-refractivity contribution < 1.29 is 14.4 Å². The number of rotatable bonds is 6. The van der Waals surface area contributed by atoms with Crippen molar-refractivity contribution in [1.82, 2.24) is 25.0 Å². The Labute approximate surface area is 214 Å². The molecular formula is C28H26N6O3. The SMILES string of the molecule is Cc1cncc(-c2ccc(N(C(=O)CN3CCCC4=C3C(=O)N(C3CC3)C4=O)c3ccccc3)nn2)c1. The van der Waals surface area contributed by atoms with E-state index in [-0.39, 0.29) is 30.3 Å². The maximum absolute atomic E-state index is 13.8. The summed E-state index contributed by atoms with van der Waals surface area (Å²) in [5.41, 5.74) is 4.08. The molecule has 1 saturated carbocycles. The second-order valence-corrected chi connectivity index (χ2v) is 9.66. The Kier molecular flexibility index (Phi) is 5.75. The lowest BCUT2D eigenvalue weighted by molar-refractivity contribution is -0.138. The van der Waals surface area contributed by atoms with Gasteiger partial charge in [0.25, 0.3) is 17.7 Å². The highest BCUT2D eigenvalue weighted by Gasteiger charge is 2.48. The lowest BCUT2D eigenvalue weighted by Gasteiger charge is -2.31. The van der Waals surface area contributed by atoms with Crippen molar-refractivity contribution in [3.05, 3.63) is 77.8 Å². The van der Waals surface area contributed by atoms with E-state index >= 15 is 0 Å². The Hall–Kier alpha value is -4.40. The molecule has 0 atom stereocenters. The second kappa shape index (κ2) is 9.24. The Morgan fingerprint density at radius 3 is 2.54 bits per heavy atom. The zero-order chi connectivity index (χ0) is 25.5. The van der Waals surface area contributed by atoms with Gasteiger partial charge in [0.2, 0.25) is 0 Å². The first-order valence-electron chi connectivity index (χ1n) is 12.5. The van der Waals surface area contributed by atoms with E-state index in [0.29, 0.717) is 47.9 Å². The highest BCUT2D eigenvalue weighted by molar-refractivity contribution is 6.19. The van der Waals surface area contributed by atoms with Gasteiger partial charge in [-0.2, -0.15) is 0 Å². The lowest BCUT2D eigenvalue weighted by Crippen LogP contribution is -2.42. The zero-order valence-corrected chi connectivity index (χ0v) is 20.5. The second-order valence-electron chi connectivity index (χ2n) is 9.66. The van der Waals surface area contributed by atoms with Crippen molar-refractivity contribution in [1.29, 1.82) is 0 Å². The van der Waals surface area contributed by atoms with Crippen LogP contribution in [0.1, 0.15) is 31.2 Å². The molecule has 4 heterocycles. The average molecular weight is 495 g/mol. The van der Waals surface area contributed by atoms with Crippen LogP contribution in [0, 0.1) is 6.92 Å². The molecule has 3 amide bonds. The zero-order valence-electron chi connectivity index (χ0n) is 20.5. The predicted octanol–water partition coefficient (Wildman–Crippen LogP) is 3.39. The first-order valence-corrected chi connectivity index (χ1v) is 12.5. The molecule has 3 aromatic rings. The molecule has 0 saturated heterocycles. The predicted molar refractivity (Wildman–Crippen MR) is 136 cm³/mol. The molecule has 0 unspecified atom stereocenters. The van der Waals surface area contributed by atoms with E-state index in [2.05, 4.69) is 15.2 Å². The van der Waals surface area contributed by atoms with Crippen molar-refractivity contribution in [3.8, 4) is 11.3 Å². The van der Waals surface area contributed by atoms with Gasteiger partial charge in [-0.15, -0.1) is 10.2 Å². The molecule has 0 spiro atoms. The van der Waals surface area contributed by atoms with E-state index in [9.17, 15) is 14.4 Å². The molecule has 37 heavy (non-hydrogen) atoms. The maximum atomic E-state index is 13.8. The smallest absolute Gasteiger partial charge is 0.277 e. The molecule has 9 heteroatoms. The number of benzene rings is 1. The number of aromatic nitrogens is 3. The monoisotopic (exact) mass is 494 g/mol. The van der Waals surface area contributed by atoms with E-state index in [0.717, 1.165) is 24.0 Å². The summed E-state index contributed by atoms with van der Waals surface area (Å²) < 4.78 is 0. The number of hydrogen-bond donors (Lipinski definition) is 0. The van der Waals surface area contributed by atoms with Crippen LogP contribution in [0.3, 0.4) is 0 Å². The number of anilines is 2. The summed E-state index contributed by atoms with van der Waals surface area (Å²) in [5.74, 6) is -0.339. The molecule has 6 rings (SSSR count). The van der Waals surface area contributed by atoms with Gasteiger partial charge in [-0.05, 0) is 68.5 Å². The minimum Gasteiger partial charge on any atom is -0.357 e. The van der Waals surface area contributed by atoms with Crippen molar-refractivity contribution >= 4 is 29.2 Å². The molecule has 2 aromatic heterocycles. The highest BCUT2D eigenvalue weighted by atomic mass is 16.2. The van der Waals surface area contributed by atoms with Crippen LogP contribution in [0.5, 0.6) is 0 Å². The van der Waals surface area contributed by atoms with Gasteiger partial charge in [0, 0.05) is 36.1 Å². The van der Waals surface area contributed by atoms with Crippen LogP contribution in [-0.4, -0.2) is 61.8 Å². The van der Waals surface area contributed by atoms with E-state index in [1.807, 2.05) is 49.4 Å². The molecule has 9 nitrogen and oxygen atoms in total. The van der Waals surface area contributed by atoms with E-state index < -0.39 is 0 Å². The van der Waals surface area contributed by atoms with Gasteiger partial charge in [-0.1, -0.05) is 18.2 Å². The molecule has 1 aromatic carbocycles. The van der Waals surface area contributed by atoms with Crippen molar-refractivity contribution in [2.75, 3.05) is 18.0 Å². The van der Waals surface area contributed by atoms with Crippen molar-refractivity contribution in [3.63, 3.8) is 0 Å². The summed E-state index contributed by atoms with van der Waals surface area (Å²) in [6.45, 7) is 2.45. The van der Waals surface area contributed by atoms with Crippen LogP contribution < -0.4 is 4.90 Å². The quantitative estimate of drug-likeness (QED) is 0.484. The fourth-order valence-electron chi connectivity index (χ4n) is 5.02. The third-order valence-electron chi connectivity index (χ3n) is 6.91. The summed E-state index contributed by atoms with van der Waals surface area (Å²) in [7, 11) is 0. The minimum absolute atomic E-state index is 0.00126. The molecule has 186 valence electrons. The first-order chi connectivity index (χ1) is 18.0. The normalized spacial score (nSPS) is 17.3. The van der Waals surface area contributed by atoms with Crippen LogP contribution in [0.2, 0.25) is 0 Å². The standard InChI is InChI=1S/C28H26N6O3/c1-18-14-19(16-29-15-18)23-11-12-24(31-30-23)33(20-6-3-2-4-7-20)25(35)17-32-13-5-8-22-26(32)28(37)34(27(22)36)21-9-10-21/h2-4,6-7,11-12,14-16,21H,5,8-10,13,17H2,1H3. The molecule has 0 radical (unpaired) electrons. The summed E-state index contributed by atoms with van der Waals surface area (Å²) in [6.07, 6.45) is 6.49. The molecular weight excluding hydrogens is 468 g/mol. The van der Waals surface area contributed by atoms with E-state index in [1.165, 1.54) is 9.80 Å². The fourth-order valence-corrected chi connectivity index (χ4v) is 5.02. The topological polar surface area (TPSA) is 99.6 Å². The molecule has 2 aliphatic heterocycles. The number of hydrogen-bond acceptors (Lipinski definition) is 7. The van der Waals surface area contributed by atoms with Crippen LogP contribution in [0.25, 0.3) is 11.3 Å². The number of amides is 3. The maximum Gasteiger partial charge on any atom is 0.277 e.